The van der Waals surface area contributed by atoms with Crippen molar-refractivity contribution in [2.45, 2.75) is 19.6 Å². The molecule has 2 rings (SSSR count). The van der Waals surface area contributed by atoms with Gasteiger partial charge in [-0.2, -0.15) is 5.10 Å². The van der Waals surface area contributed by atoms with Gasteiger partial charge < -0.3 is 4.74 Å². The quantitative estimate of drug-likeness (QED) is 0.500. The molecule has 0 aliphatic carbocycles. The van der Waals surface area contributed by atoms with Crippen molar-refractivity contribution in [3.05, 3.63) is 64.1 Å². The molecule has 0 radical (unpaired) electrons. The van der Waals surface area contributed by atoms with Gasteiger partial charge in [-0.1, -0.05) is 34.1 Å². The van der Waals surface area contributed by atoms with Crippen LogP contribution in [0.25, 0.3) is 0 Å². The molecule has 0 fully saturated rings. The molecule has 0 aromatic heterocycles. The van der Waals surface area contributed by atoms with Crippen LogP contribution in [0.1, 0.15) is 25.0 Å². The third-order valence-electron chi connectivity index (χ3n) is 3.38. The summed E-state index contributed by atoms with van der Waals surface area (Å²) in [6, 6.07) is 15.7. The SMILES string of the molecule is CCOc1ccc(C(C)=NNC(=O)CSCc2ccccc2Br)cc1. The van der Waals surface area contributed by atoms with E-state index in [1.807, 2.05) is 62.4 Å². The summed E-state index contributed by atoms with van der Waals surface area (Å²) in [7, 11) is 0. The van der Waals surface area contributed by atoms with Crippen molar-refractivity contribution < 1.29 is 9.53 Å². The first-order valence-electron chi connectivity index (χ1n) is 7.97. The van der Waals surface area contributed by atoms with Gasteiger partial charge in [-0.15, -0.1) is 11.8 Å². The number of hydrogen-bond acceptors (Lipinski definition) is 4. The lowest BCUT2D eigenvalue weighted by Crippen LogP contribution is -2.21. The largest absolute Gasteiger partial charge is 0.494 e. The normalized spacial score (nSPS) is 11.2. The third kappa shape index (κ3) is 6.55. The topological polar surface area (TPSA) is 50.7 Å². The van der Waals surface area contributed by atoms with Crippen molar-refractivity contribution in [2.24, 2.45) is 5.10 Å². The number of halogens is 1. The predicted octanol–water partition coefficient (Wildman–Crippen LogP) is 4.62. The zero-order chi connectivity index (χ0) is 18.1. The van der Waals surface area contributed by atoms with Gasteiger partial charge in [0.25, 0.3) is 0 Å². The summed E-state index contributed by atoms with van der Waals surface area (Å²) in [6.07, 6.45) is 0. The molecule has 1 amide bonds. The second-order valence-corrected chi connectivity index (χ2v) is 7.11. The molecule has 0 aliphatic heterocycles. The van der Waals surface area contributed by atoms with Crippen LogP contribution in [0, 0.1) is 0 Å². The van der Waals surface area contributed by atoms with Gasteiger partial charge in [-0.3, -0.25) is 4.79 Å². The van der Waals surface area contributed by atoms with Crippen LogP contribution in [0.2, 0.25) is 0 Å². The highest BCUT2D eigenvalue weighted by atomic mass is 79.9. The maximum absolute atomic E-state index is 11.9. The van der Waals surface area contributed by atoms with E-state index >= 15 is 0 Å². The Hall–Kier alpha value is -1.79. The lowest BCUT2D eigenvalue weighted by molar-refractivity contribution is -0.118. The Morgan fingerprint density at radius 1 is 1.20 bits per heavy atom. The van der Waals surface area contributed by atoms with E-state index in [9.17, 15) is 4.79 Å². The Balaban J connectivity index is 1.79. The van der Waals surface area contributed by atoms with E-state index in [1.54, 1.807) is 11.8 Å². The minimum absolute atomic E-state index is 0.109. The number of thioether (sulfide) groups is 1. The molecule has 0 atom stereocenters. The van der Waals surface area contributed by atoms with Crippen molar-refractivity contribution in [3.8, 4) is 5.75 Å². The first-order chi connectivity index (χ1) is 12.1. The Morgan fingerprint density at radius 3 is 2.60 bits per heavy atom. The van der Waals surface area contributed by atoms with Crippen LogP contribution >= 0.6 is 27.7 Å². The molecule has 6 heteroatoms. The molecule has 132 valence electrons. The predicted molar refractivity (Wildman–Crippen MR) is 108 cm³/mol. The van der Waals surface area contributed by atoms with Gasteiger partial charge in [0.2, 0.25) is 5.91 Å². The number of amides is 1. The molecule has 0 spiro atoms. The van der Waals surface area contributed by atoms with E-state index in [0.717, 1.165) is 27.3 Å². The van der Waals surface area contributed by atoms with Gasteiger partial charge in [-0.25, -0.2) is 5.43 Å². The third-order valence-corrected chi connectivity index (χ3v) is 5.14. The van der Waals surface area contributed by atoms with Gasteiger partial charge in [-0.05, 0) is 55.3 Å². The lowest BCUT2D eigenvalue weighted by Gasteiger charge is -2.06. The molecular formula is C19H21BrN2O2S. The van der Waals surface area contributed by atoms with Crippen molar-refractivity contribution >= 4 is 39.3 Å². The van der Waals surface area contributed by atoms with Crippen molar-refractivity contribution in [1.29, 1.82) is 0 Å². The van der Waals surface area contributed by atoms with Gasteiger partial charge in [0.1, 0.15) is 5.75 Å². The van der Waals surface area contributed by atoms with Crippen LogP contribution in [-0.4, -0.2) is 24.0 Å². The van der Waals surface area contributed by atoms with E-state index < -0.39 is 0 Å². The monoisotopic (exact) mass is 420 g/mol. The summed E-state index contributed by atoms with van der Waals surface area (Å²) in [4.78, 5) is 11.9. The van der Waals surface area contributed by atoms with E-state index in [1.165, 1.54) is 5.56 Å². The average molecular weight is 421 g/mol. The molecule has 2 aromatic rings. The molecule has 2 aromatic carbocycles. The number of rotatable bonds is 8. The zero-order valence-electron chi connectivity index (χ0n) is 14.3. The minimum Gasteiger partial charge on any atom is -0.494 e. The average Bonchev–Trinajstić information content (AvgIpc) is 2.62. The lowest BCUT2D eigenvalue weighted by atomic mass is 10.1. The number of ether oxygens (including phenoxy) is 1. The summed E-state index contributed by atoms with van der Waals surface area (Å²) >= 11 is 5.06. The molecule has 0 saturated heterocycles. The number of hydrazone groups is 1. The van der Waals surface area contributed by atoms with Crippen LogP contribution in [0.5, 0.6) is 5.75 Å². The standard InChI is InChI=1S/C19H21BrN2O2S/c1-3-24-17-10-8-15(9-11-17)14(2)21-22-19(23)13-25-12-16-6-4-5-7-18(16)20/h4-11H,3,12-13H2,1-2H3,(H,22,23). The fourth-order valence-electron chi connectivity index (χ4n) is 2.07. The van der Waals surface area contributed by atoms with E-state index in [4.69, 9.17) is 4.74 Å². The summed E-state index contributed by atoms with van der Waals surface area (Å²) in [6.45, 7) is 4.45. The number of nitrogens with zero attached hydrogens (tertiary/aromatic N) is 1. The fraction of sp³-hybridized carbons (Fsp3) is 0.263. The molecule has 0 heterocycles. The van der Waals surface area contributed by atoms with Gasteiger partial charge in [0.15, 0.2) is 0 Å². The fourth-order valence-corrected chi connectivity index (χ4v) is 3.51. The Labute approximate surface area is 161 Å². The Bertz CT molecular complexity index is 732. The van der Waals surface area contributed by atoms with Crippen molar-refractivity contribution in [2.75, 3.05) is 12.4 Å². The molecule has 0 aliphatic rings. The molecule has 0 bridgehead atoms. The van der Waals surface area contributed by atoms with Crippen LogP contribution in [0.4, 0.5) is 0 Å². The second kappa shape index (κ2) is 10.3. The zero-order valence-corrected chi connectivity index (χ0v) is 16.7. The highest BCUT2D eigenvalue weighted by Gasteiger charge is 2.04. The summed E-state index contributed by atoms with van der Waals surface area (Å²) in [5.41, 5.74) is 5.49. The van der Waals surface area contributed by atoms with Gasteiger partial charge in [0, 0.05) is 10.2 Å². The Kier molecular flexibility index (Phi) is 8.01. The molecule has 1 N–H and O–H groups in total. The summed E-state index contributed by atoms with van der Waals surface area (Å²) < 4.78 is 6.47. The van der Waals surface area contributed by atoms with Crippen molar-refractivity contribution in [1.82, 2.24) is 5.43 Å². The van der Waals surface area contributed by atoms with Crippen LogP contribution in [-0.2, 0) is 10.5 Å². The maximum atomic E-state index is 11.9. The second-order valence-electron chi connectivity index (χ2n) is 5.27. The highest BCUT2D eigenvalue weighted by molar-refractivity contribution is 9.10. The number of nitrogens with one attached hydrogen (secondary N) is 1. The summed E-state index contributed by atoms with van der Waals surface area (Å²) in [5.74, 6) is 1.85. The number of hydrogen-bond donors (Lipinski definition) is 1. The smallest absolute Gasteiger partial charge is 0.250 e. The van der Waals surface area contributed by atoms with E-state index in [-0.39, 0.29) is 5.91 Å². The molecule has 25 heavy (non-hydrogen) atoms. The van der Waals surface area contributed by atoms with E-state index in [2.05, 4.69) is 26.5 Å². The minimum atomic E-state index is -0.109. The van der Waals surface area contributed by atoms with Crippen LogP contribution in [0.3, 0.4) is 0 Å². The molecule has 0 unspecified atom stereocenters. The maximum Gasteiger partial charge on any atom is 0.250 e. The Morgan fingerprint density at radius 2 is 1.92 bits per heavy atom. The highest BCUT2D eigenvalue weighted by Crippen LogP contribution is 2.21. The summed E-state index contributed by atoms with van der Waals surface area (Å²) in [5, 5.41) is 4.17. The van der Waals surface area contributed by atoms with Crippen LogP contribution in [0.15, 0.2) is 58.1 Å². The first kappa shape index (κ1) is 19.5. The van der Waals surface area contributed by atoms with Crippen molar-refractivity contribution in [3.63, 3.8) is 0 Å². The molecule has 4 nitrogen and oxygen atoms in total. The van der Waals surface area contributed by atoms with Gasteiger partial charge in [0.05, 0.1) is 18.1 Å². The van der Waals surface area contributed by atoms with Gasteiger partial charge >= 0.3 is 0 Å². The van der Waals surface area contributed by atoms with E-state index in [0.29, 0.717) is 12.4 Å². The molecule has 0 saturated carbocycles. The number of carbonyl (C=O) groups is 1. The number of benzene rings is 2. The molecular weight excluding hydrogens is 400 g/mol. The first-order valence-corrected chi connectivity index (χ1v) is 9.92. The number of carbonyl (C=O) groups excluding carboxylic acids is 1. The van der Waals surface area contributed by atoms with Crippen LogP contribution < -0.4 is 10.2 Å².